The van der Waals surface area contributed by atoms with E-state index in [0.717, 1.165) is 11.3 Å². The van der Waals surface area contributed by atoms with Gasteiger partial charge in [0.15, 0.2) is 0 Å². The molecule has 0 aliphatic carbocycles. The fraction of sp³-hybridized carbons (Fsp3) is 0.278. The first-order valence-corrected chi connectivity index (χ1v) is 7.58. The number of hydrogen-bond donors (Lipinski definition) is 1. The molecule has 0 bridgehead atoms. The Bertz CT molecular complexity index is 696. The Balaban J connectivity index is 2.09. The number of rotatable bonds is 5. The maximum absolute atomic E-state index is 12.2. The maximum Gasteiger partial charge on any atom is 0.257 e. The lowest BCUT2D eigenvalue weighted by Gasteiger charge is -2.19. The van der Waals surface area contributed by atoms with Crippen molar-refractivity contribution in [3.8, 4) is 0 Å². The normalized spacial score (nSPS) is 10.2. The molecule has 1 aromatic carbocycles. The van der Waals surface area contributed by atoms with E-state index in [1.807, 2.05) is 38.1 Å². The number of nitrogens with zero attached hydrogens (tertiary/aromatic N) is 2. The Morgan fingerprint density at radius 3 is 2.61 bits per heavy atom. The van der Waals surface area contributed by atoms with E-state index in [1.54, 1.807) is 30.2 Å². The Morgan fingerprint density at radius 2 is 2.00 bits per heavy atom. The standard InChI is InChI=1S/C18H21N3O2/c1-4-21(14(3)22)12-15-6-5-7-17(10-15)20-18(23)16-9-8-13(2)19-11-16/h5-11H,4,12H2,1-3H3,(H,20,23). The molecule has 0 saturated carbocycles. The van der Waals surface area contributed by atoms with Crippen LogP contribution in [0.5, 0.6) is 0 Å². The molecule has 0 fully saturated rings. The van der Waals surface area contributed by atoms with Crippen LogP contribution in [0.1, 0.15) is 35.5 Å². The van der Waals surface area contributed by atoms with E-state index in [4.69, 9.17) is 0 Å². The molecule has 0 saturated heterocycles. The molecule has 0 spiro atoms. The Labute approximate surface area is 136 Å². The van der Waals surface area contributed by atoms with Crippen molar-refractivity contribution in [2.24, 2.45) is 0 Å². The van der Waals surface area contributed by atoms with Crippen LogP contribution < -0.4 is 5.32 Å². The monoisotopic (exact) mass is 311 g/mol. The fourth-order valence-electron chi connectivity index (χ4n) is 2.22. The molecule has 0 aliphatic heterocycles. The average Bonchev–Trinajstić information content (AvgIpc) is 2.53. The molecule has 1 aromatic heterocycles. The largest absolute Gasteiger partial charge is 0.339 e. The second-order valence-corrected chi connectivity index (χ2v) is 5.38. The number of hydrogen-bond acceptors (Lipinski definition) is 3. The van der Waals surface area contributed by atoms with Gasteiger partial charge in [0.2, 0.25) is 5.91 Å². The van der Waals surface area contributed by atoms with Crippen LogP contribution >= 0.6 is 0 Å². The van der Waals surface area contributed by atoms with Gasteiger partial charge in [-0.25, -0.2) is 0 Å². The van der Waals surface area contributed by atoms with Gasteiger partial charge < -0.3 is 10.2 Å². The van der Waals surface area contributed by atoms with E-state index in [2.05, 4.69) is 10.3 Å². The van der Waals surface area contributed by atoms with Crippen molar-refractivity contribution in [1.82, 2.24) is 9.88 Å². The minimum atomic E-state index is -0.200. The summed E-state index contributed by atoms with van der Waals surface area (Å²) in [4.78, 5) is 29.6. The lowest BCUT2D eigenvalue weighted by Crippen LogP contribution is -2.27. The highest BCUT2D eigenvalue weighted by atomic mass is 16.2. The molecule has 5 nitrogen and oxygen atoms in total. The van der Waals surface area contributed by atoms with Crippen LogP contribution in [0.3, 0.4) is 0 Å². The molecule has 0 atom stereocenters. The van der Waals surface area contributed by atoms with Crippen LogP contribution in [0.4, 0.5) is 5.69 Å². The number of carbonyl (C=O) groups excluding carboxylic acids is 2. The zero-order valence-corrected chi connectivity index (χ0v) is 13.7. The molecule has 2 aromatic rings. The Morgan fingerprint density at radius 1 is 1.22 bits per heavy atom. The average molecular weight is 311 g/mol. The molecule has 23 heavy (non-hydrogen) atoms. The first-order chi connectivity index (χ1) is 11.0. The number of amides is 2. The van der Waals surface area contributed by atoms with Gasteiger partial charge in [0.05, 0.1) is 5.56 Å². The lowest BCUT2D eigenvalue weighted by molar-refractivity contribution is -0.129. The summed E-state index contributed by atoms with van der Waals surface area (Å²) in [5.41, 5.74) is 3.06. The van der Waals surface area contributed by atoms with Gasteiger partial charge >= 0.3 is 0 Å². The summed E-state index contributed by atoms with van der Waals surface area (Å²) < 4.78 is 0. The van der Waals surface area contributed by atoms with Gasteiger partial charge in [-0.1, -0.05) is 12.1 Å². The molecule has 0 unspecified atom stereocenters. The van der Waals surface area contributed by atoms with Crippen LogP contribution in [-0.2, 0) is 11.3 Å². The summed E-state index contributed by atoms with van der Waals surface area (Å²) in [5, 5.41) is 2.86. The number of aryl methyl sites for hydroxylation is 1. The first-order valence-electron chi connectivity index (χ1n) is 7.58. The third-order valence-corrected chi connectivity index (χ3v) is 3.56. The SMILES string of the molecule is CCN(Cc1cccc(NC(=O)c2ccc(C)nc2)c1)C(C)=O. The number of nitrogens with one attached hydrogen (secondary N) is 1. The van der Waals surface area contributed by atoms with Crippen molar-refractivity contribution in [2.75, 3.05) is 11.9 Å². The van der Waals surface area contributed by atoms with Gasteiger partial charge in [-0.3, -0.25) is 14.6 Å². The van der Waals surface area contributed by atoms with E-state index in [9.17, 15) is 9.59 Å². The van der Waals surface area contributed by atoms with Crippen LogP contribution in [0.2, 0.25) is 0 Å². The van der Waals surface area contributed by atoms with Gasteiger partial charge in [0.1, 0.15) is 0 Å². The quantitative estimate of drug-likeness (QED) is 0.923. The van der Waals surface area contributed by atoms with Gasteiger partial charge in [-0.2, -0.15) is 0 Å². The molecule has 120 valence electrons. The zero-order chi connectivity index (χ0) is 16.8. The molecule has 0 radical (unpaired) electrons. The highest BCUT2D eigenvalue weighted by Crippen LogP contribution is 2.14. The summed E-state index contributed by atoms with van der Waals surface area (Å²) in [5.74, 6) is -0.166. The van der Waals surface area contributed by atoms with E-state index in [0.29, 0.717) is 24.3 Å². The van der Waals surface area contributed by atoms with Gasteiger partial charge in [0, 0.05) is 37.6 Å². The summed E-state index contributed by atoms with van der Waals surface area (Å²) in [6.45, 7) is 6.55. The van der Waals surface area contributed by atoms with Crippen LogP contribution in [-0.4, -0.2) is 28.2 Å². The Hall–Kier alpha value is -2.69. The summed E-state index contributed by atoms with van der Waals surface area (Å²) in [6.07, 6.45) is 1.56. The predicted molar refractivity (Wildman–Crippen MR) is 90.1 cm³/mol. The van der Waals surface area contributed by atoms with Gasteiger partial charge in [-0.15, -0.1) is 0 Å². The van der Waals surface area contributed by atoms with Crippen LogP contribution in [0, 0.1) is 6.92 Å². The lowest BCUT2D eigenvalue weighted by atomic mass is 10.1. The highest BCUT2D eigenvalue weighted by molar-refractivity contribution is 6.04. The zero-order valence-electron chi connectivity index (χ0n) is 13.7. The van der Waals surface area contributed by atoms with E-state index < -0.39 is 0 Å². The minimum absolute atomic E-state index is 0.0349. The Kier molecular flexibility index (Phi) is 5.46. The number of carbonyl (C=O) groups is 2. The first kappa shape index (κ1) is 16.7. The third kappa shape index (κ3) is 4.64. The molecule has 5 heteroatoms. The molecular weight excluding hydrogens is 290 g/mol. The van der Waals surface area contributed by atoms with E-state index in [1.165, 1.54) is 0 Å². The highest BCUT2D eigenvalue weighted by Gasteiger charge is 2.09. The molecule has 2 amide bonds. The maximum atomic E-state index is 12.2. The van der Waals surface area contributed by atoms with Crippen molar-refractivity contribution < 1.29 is 9.59 Å². The number of aromatic nitrogens is 1. The van der Waals surface area contributed by atoms with Crippen molar-refractivity contribution in [2.45, 2.75) is 27.3 Å². The number of pyridine rings is 1. The smallest absolute Gasteiger partial charge is 0.257 e. The van der Waals surface area contributed by atoms with E-state index >= 15 is 0 Å². The minimum Gasteiger partial charge on any atom is -0.339 e. The molecule has 1 N–H and O–H groups in total. The number of benzene rings is 1. The fourth-order valence-corrected chi connectivity index (χ4v) is 2.22. The second-order valence-electron chi connectivity index (χ2n) is 5.38. The topological polar surface area (TPSA) is 62.3 Å². The summed E-state index contributed by atoms with van der Waals surface area (Å²) in [7, 11) is 0. The summed E-state index contributed by atoms with van der Waals surface area (Å²) in [6, 6.07) is 11.1. The van der Waals surface area contributed by atoms with E-state index in [-0.39, 0.29) is 11.8 Å². The molecular formula is C18H21N3O2. The van der Waals surface area contributed by atoms with Crippen molar-refractivity contribution >= 4 is 17.5 Å². The van der Waals surface area contributed by atoms with Gasteiger partial charge in [0.25, 0.3) is 5.91 Å². The van der Waals surface area contributed by atoms with Crippen molar-refractivity contribution in [1.29, 1.82) is 0 Å². The molecule has 2 rings (SSSR count). The molecule has 1 heterocycles. The summed E-state index contributed by atoms with van der Waals surface area (Å²) >= 11 is 0. The van der Waals surface area contributed by atoms with Crippen molar-refractivity contribution in [3.63, 3.8) is 0 Å². The van der Waals surface area contributed by atoms with Crippen molar-refractivity contribution in [3.05, 3.63) is 59.4 Å². The van der Waals surface area contributed by atoms with Gasteiger partial charge in [-0.05, 0) is 43.7 Å². The predicted octanol–water partition coefficient (Wildman–Crippen LogP) is 3.01. The number of anilines is 1. The van der Waals surface area contributed by atoms with Crippen LogP contribution in [0.25, 0.3) is 0 Å². The molecule has 0 aliphatic rings. The van der Waals surface area contributed by atoms with Crippen LogP contribution in [0.15, 0.2) is 42.6 Å². The second kappa shape index (κ2) is 7.54. The third-order valence-electron chi connectivity index (χ3n) is 3.56.